The molecule has 2 fully saturated rings. The fourth-order valence-corrected chi connectivity index (χ4v) is 4.98. The van der Waals surface area contributed by atoms with E-state index >= 15 is 0 Å². The standard InChI is InChI=1S/C23H37N3O/c1-4-23(5-2,26-17(3)19-9-7-6-8-10-19)16-24-22(27)15-18-13-20-11-12-21(14-18)25-20/h6-10,17-18,20-21,25-26H,4-5,11-16H2,1-3H3,(H,24,27). The van der Waals surface area contributed by atoms with Gasteiger partial charge in [0.1, 0.15) is 0 Å². The Morgan fingerprint density at radius 1 is 1.15 bits per heavy atom. The van der Waals surface area contributed by atoms with Gasteiger partial charge in [0.25, 0.3) is 0 Å². The van der Waals surface area contributed by atoms with Crippen molar-refractivity contribution in [1.82, 2.24) is 16.0 Å². The van der Waals surface area contributed by atoms with Crippen LogP contribution < -0.4 is 16.0 Å². The highest BCUT2D eigenvalue weighted by molar-refractivity contribution is 5.76. The summed E-state index contributed by atoms with van der Waals surface area (Å²) in [5, 5.41) is 10.7. The van der Waals surface area contributed by atoms with Crippen LogP contribution in [0.3, 0.4) is 0 Å². The predicted octanol–water partition coefficient (Wildman–Crippen LogP) is 3.93. The Hall–Kier alpha value is -1.39. The van der Waals surface area contributed by atoms with Crippen molar-refractivity contribution in [3.8, 4) is 0 Å². The Bertz CT molecular complexity index is 587. The average molecular weight is 372 g/mol. The summed E-state index contributed by atoms with van der Waals surface area (Å²) in [6.45, 7) is 7.34. The number of fused-ring (bicyclic) bond motifs is 2. The van der Waals surface area contributed by atoms with Gasteiger partial charge in [-0.3, -0.25) is 4.79 Å². The van der Waals surface area contributed by atoms with Crippen LogP contribution in [0.4, 0.5) is 0 Å². The molecule has 1 aromatic carbocycles. The van der Waals surface area contributed by atoms with E-state index in [1.807, 2.05) is 0 Å². The van der Waals surface area contributed by atoms with Gasteiger partial charge in [0.15, 0.2) is 0 Å². The number of amides is 1. The van der Waals surface area contributed by atoms with E-state index in [9.17, 15) is 4.79 Å². The molecule has 4 nitrogen and oxygen atoms in total. The van der Waals surface area contributed by atoms with Crippen LogP contribution in [-0.4, -0.2) is 30.1 Å². The maximum atomic E-state index is 12.6. The van der Waals surface area contributed by atoms with Crippen molar-refractivity contribution in [3.05, 3.63) is 35.9 Å². The summed E-state index contributed by atoms with van der Waals surface area (Å²) in [5.74, 6) is 0.777. The highest BCUT2D eigenvalue weighted by Gasteiger charge is 2.34. The molecule has 2 saturated heterocycles. The normalized spacial score (nSPS) is 26.0. The first-order valence-corrected chi connectivity index (χ1v) is 10.9. The number of nitrogens with one attached hydrogen (secondary N) is 3. The molecular weight excluding hydrogens is 334 g/mol. The molecule has 0 aromatic heterocycles. The van der Waals surface area contributed by atoms with Crippen molar-refractivity contribution in [2.75, 3.05) is 6.54 Å². The second-order valence-electron chi connectivity index (χ2n) is 8.72. The van der Waals surface area contributed by atoms with E-state index < -0.39 is 0 Å². The molecule has 3 rings (SSSR count). The third-order valence-corrected chi connectivity index (χ3v) is 6.84. The van der Waals surface area contributed by atoms with Crippen molar-refractivity contribution in [1.29, 1.82) is 0 Å². The lowest BCUT2D eigenvalue weighted by Gasteiger charge is -2.37. The number of carbonyl (C=O) groups is 1. The Labute approximate surface area is 164 Å². The van der Waals surface area contributed by atoms with Gasteiger partial charge in [-0.1, -0.05) is 44.2 Å². The monoisotopic (exact) mass is 371 g/mol. The lowest BCUT2D eigenvalue weighted by atomic mass is 9.88. The fraction of sp³-hybridized carbons (Fsp3) is 0.696. The minimum absolute atomic E-state index is 0.0575. The third kappa shape index (κ3) is 5.32. The summed E-state index contributed by atoms with van der Waals surface area (Å²) in [4.78, 5) is 12.6. The van der Waals surface area contributed by atoms with Crippen LogP contribution >= 0.6 is 0 Å². The van der Waals surface area contributed by atoms with Crippen molar-refractivity contribution >= 4 is 5.91 Å². The van der Waals surface area contributed by atoms with Crippen LogP contribution in [0.15, 0.2) is 30.3 Å². The first kappa shape index (κ1) is 20.3. The van der Waals surface area contributed by atoms with Gasteiger partial charge in [0.2, 0.25) is 5.91 Å². The van der Waals surface area contributed by atoms with Gasteiger partial charge in [0, 0.05) is 36.6 Å². The molecule has 0 aliphatic carbocycles. The average Bonchev–Trinajstić information content (AvgIpc) is 3.04. The summed E-state index contributed by atoms with van der Waals surface area (Å²) in [6.07, 6.45) is 7.60. The first-order valence-electron chi connectivity index (χ1n) is 10.9. The molecule has 0 spiro atoms. The molecule has 2 aliphatic rings. The zero-order chi connectivity index (χ0) is 19.3. The molecule has 0 radical (unpaired) electrons. The van der Waals surface area contributed by atoms with Crippen LogP contribution in [0.1, 0.15) is 77.3 Å². The summed E-state index contributed by atoms with van der Waals surface area (Å²) in [7, 11) is 0. The number of hydrogen-bond acceptors (Lipinski definition) is 3. The maximum Gasteiger partial charge on any atom is 0.220 e. The number of piperidine rings is 1. The zero-order valence-electron chi connectivity index (χ0n) is 17.3. The smallest absolute Gasteiger partial charge is 0.220 e. The first-order chi connectivity index (χ1) is 13.0. The number of benzene rings is 1. The molecule has 4 heteroatoms. The van der Waals surface area contributed by atoms with Crippen molar-refractivity contribution in [2.45, 2.75) is 89.4 Å². The largest absolute Gasteiger partial charge is 0.354 e. The molecule has 150 valence electrons. The Kier molecular flexibility index (Phi) is 6.93. The van der Waals surface area contributed by atoms with Crippen LogP contribution in [0.5, 0.6) is 0 Å². The highest BCUT2D eigenvalue weighted by atomic mass is 16.1. The molecule has 2 bridgehead atoms. The predicted molar refractivity (Wildman–Crippen MR) is 112 cm³/mol. The Morgan fingerprint density at radius 2 is 1.78 bits per heavy atom. The van der Waals surface area contributed by atoms with E-state index in [2.05, 4.69) is 67.1 Å². The van der Waals surface area contributed by atoms with E-state index in [-0.39, 0.29) is 17.5 Å². The van der Waals surface area contributed by atoms with Gasteiger partial charge in [0.05, 0.1) is 0 Å². The number of carbonyl (C=O) groups excluding carboxylic acids is 1. The maximum absolute atomic E-state index is 12.6. The number of hydrogen-bond donors (Lipinski definition) is 3. The Balaban J connectivity index is 1.51. The molecule has 1 amide bonds. The van der Waals surface area contributed by atoms with E-state index in [1.54, 1.807) is 0 Å². The van der Waals surface area contributed by atoms with Gasteiger partial charge in [-0.2, -0.15) is 0 Å². The molecule has 2 heterocycles. The molecule has 27 heavy (non-hydrogen) atoms. The lowest BCUT2D eigenvalue weighted by molar-refractivity contribution is -0.122. The second-order valence-corrected chi connectivity index (χ2v) is 8.72. The van der Waals surface area contributed by atoms with Gasteiger partial charge >= 0.3 is 0 Å². The Morgan fingerprint density at radius 3 is 2.37 bits per heavy atom. The van der Waals surface area contributed by atoms with Crippen LogP contribution in [0.2, 0.25) is 0 Å². The van der Waals surface area contributed by atoms with Crippen LogP contribution in [0, 0.1) is 5.92 Å². The van der Waals surface area contributed by atoms with E-state index in [0.717, 1.165) is 12.8 Å². The van der Waals surface area contributed by atoms with E-state index in [4.69, 9.17) is 0 Å². The number of rotatable bonds is 9. The van der Waals surface area contributed by atoms with Crippen LogP contribution in [-0.2, 0) is 4.79 Å². The SMILES string of the molecule is CCC(CC)(CNC(=O)CC1CC2CCC(C1)N2)NC(C)c1ccccc1. The molecule has 3 unspecified atom stereocenters. The summed E-state index contributed by atoms with van der Waals surface area (Å²) in [5.41, 5.74) is 1.23. The molecular formula is C23H37N3O. The minimum Gasteiger partial charge on any atom is -0.354 e. The summed E-state index contributed by atoms with van der Waals surface area (Å²) < 4.78 is 0. The lowest BCUT2D eigenvalue weighted by Crippen LogP contribution is -2.53. The summed E-state index contributed by atoms with van der Waals surface area (Å²) >= 11 is 0. The van der Waals surface area contributed by atoms with Crippen molar-refractivity contribution in [3.63, 3.8) is 0 Å². The summed E-state index contributed by atoms with van der Waals surface area (Å²) in [6, 6.07) is 12.1. The fourth-order valence-electron chi connectivity index (χ4n) is 4.98. The van der Waals surface area contributed by atoms with E-state index in [1.165, 1.54) is 31.2 Å². The van der Waals surface area contributed by atoms with Gasteiger partial charge in [-0.25, -0.2) is 0 Å². The van der Waals surface area contributed by atoms with Crippen molar-refractivity contribution < 1.29 is 4.79 Å². The topological polar surface area (TPSA) is 53.2 Å². The quantitative estimate of drug-likeness (QED) is 0.616. The zero-order valence-corrected chi connectivity index (χ0v) is 17.3. The molecule has 3 N–H and O–H groups in total. The van der Waals surface area contributed by atoms with Gasteiger partial charge in [-0.15, -0.1) is 0 Å². The minimum atomic E-state index is -0.0575. The van der Waals surface area contributed by atoms with E-state index in [0.29, 0.717) is 31.0 Å². The van der Waals surface area contributed by atoms with Gasteiger partial charge < -0.3 is 16.0 Å². The molecule has 2 aliphatic heterocycles. The highest BCUT2D eigenvalue weighted by Crippen LogP contribution is 2.32. The second kappa shape index (κ2) is 9.20. The van der Waals surface area contributed by atoms with Gasteiger partial charge in [-0.05, 0) is 56.9 Å². The third-order valence-electron chi connectivity index (χ3n) is 6.84. The van der Waals surface area contributed by atoms with Crippen LogP contribution in [0.25, 0.3) is 0 Å². The molecule has 1 aromatic rings. The molecule has 0 saturated carbocycles. The molecule has 3 atom stereocenters. The van der Waals surface area contributed by atoms with Crippen molar-refractivity contribution in [2.24, 2.45) is 5.92 Å².